The minimum absolute atomic E-state index is 0.416. The van der Waals surface area contributed by atoms with Crippen LogP contribution in [0.3, 0.4) is 0 Å². The van der Waals surface area contributed by atoms with Crippen LogP contribution in [0.4, 0.5) is 0 Å². The molecule has 3 rings (SSSR count). The first-order valence-electron chi connectivity index (χ1n) is 6.87. The van der Waals surface area contributed by atoms with Crippen molar-refractivity contribution in [1.29, 1.82) is 0 Å². The van der Waals surface area contributed by atoms with Gasteiger partial charge in [-0.25, -0.2) is 4.98 Å². The molecular formula is C15H16BrClN2S. The zero-order valence-electron chi connectivity index (χ0n) is 11.2. The van der Waals surface area contributed by atoms with Crippen molar-refractivity contribution in [1.82, 2.24) is 10.3 Å². The van der Waals surface area contributed by atoms with E-state index in [0.29, 0.717) is 6.04 Å². The summed E-state index contributed by atoms with van der Waals surface area (Å²) >= 11 is 11.4. The van der Waals surface area contributed by atoms with Crippen molar-refractivity contribution in [3.8, 4) is 10.6 Å². The van der Waals surface area contributed by atoms with Gasteiger partial charge in [0, 0.05) is 14.9 Å². The van der Waals surface area contributed by atoms with Gasteiger partial charge in [-0.05, 0) is 53.9 Å². The molecule has 2 aromatic rings. The number of nitrogens with zero attached hydrogens (tertiary/aromatic N) is 1. The zero-order chi connectivity index (χ0) is 14.1. The van der Waals surface area contributed by atoms with Crippen molar-refractivity contribution in [3.63, 3.8) is 0 Å². The maximum absolute atomic E-state index is 6.19. The highest BCUT2D eigenvalue weighted by Gasteiger charge is 2.24. The Bertz CT molecular complexity index is 626. The summed E-state index contributed by atoms with van der Waals surface area (Å²) in [6.45, 7) is 3.14. The highest BCUT2D eigenvalue weighted by Crippen LogP contribution is 2.38. The fraction of sp³-hybridized carbons (Fsp3) is 0.400. The van der Waals surface area contributed by atoms with Gasteiger partial charge in [0.05, 0.1) is 16.8 Å². The van der Waals surface area contributed by atoms with E-state index in [1.54, 1.807) is 0 Å². The third-order valence-electron chi connectivity index (χ3n) is 3.57. The average molecular weight is 372 g/mol. The van der Waals surface area contributed by atoms with Crippen molar-refractivity contribution in [2.45, 2.75) is 32.2 Å². The van der Waals surface area contributed by atoms with Crippen molar-refractivity contribution in [2.24, 2.45) is 0 Å². The predicted octanol–water partition coefficient (Wildman–Crippen LogP) is 5.21. The molecule has 2 nitrogen and oxygen atoms in total. The third kappa shape index (κ3) is 2.80. The molecule has 0 saturated heterocycles. The van der Waals surface area contributed by atoms with Crippen molar-refractivity contribution < 1.29 is 0 Å². The number of aromatic nitrogens is 1. The molecule has 20 heavy (non-hydrogen) atoms. The summed E-state index contributed by atoms with van der Waals surface area (Å²) in [5.41, 5.74) is 2.35. The van der Waals surface area contributed by atoms with E-state index in [-0.39, 0.29) is 0 Å². The second-order valence-corrected chi connectivity index (χ2v) is 7.30. The Balaban J connectivity index is 1.97. The van der Waals surface area contributed by atoms with Gasteiger partial charge in [-0.2, -0.15) is 0 Å². The molecule has 1 unspecified atom stereocenters. The second-order valence-electron chi connectivity index (χ2n) is 4.96. The van der Waals surface area contributed by atoms with Gasteiger partial charge in [-0.3, -0.25) is 0 Å². The summed E-state index contributed by atoms with van der Waals surface area (Å²) in [5.74, 6) is 0. The predicted molar refractivity (Wildman–Crippen MR) is 89.6 cm³/mol. The monoisotopic (exact) mass is 370 g/mol. The van der Waals surface area contributed by atoms with Gasteiger partial charge in [-0.1, -0.05) is 24.6 Å². The molecular weight excluding hydrogens is 356 g/mol. The zero-order valence-corrected chi connectivity index (χ0v) is 14.4. The smallest absolute Gasteiger partial charge is 0.123 e. The third-order valence-corrected chi connectivity index (χ3v) is 5.98. The molecule has 0 radical (unpaired) electrons. The quantitative estimate of drug-likeness (QED) is 0.800. The fourth-order valence-corrected chi connectivity index (χ4v) is 4.20. The van der Waals surface area contributed by atoms with Gasteiger partial charge >= 0.3 is 0 Å². The van der Waals surface area contributed by atoms with Crippen LogP contribution >= 0.6 is 38.9 Å². The van der Waals surface area contributed by atoms with Crippen LogP contribution in [0.25, 0.3) is 10.6 Å². The maximum Gasteiger partial charge on any atom is 0.123 e. The van der Waals surface area contributed by atoms with E-state index < -0.39 is 0 Å². The summed E-state index contributed by atoms with van der Waals surface area (Å²) in [7, 11) is 0. The Kier molecular flexibility index (Phi) is 4.46. The van der Waals surface area contributed by atoms with Gasteiger partial charge in [0.1, 0.15) is 5.01 Å². The number of aryl methyl sites for hydroxylation is 1. The number of fused-ring (bicyclic) bond motifs is 1. The first-order chi connectivity index (χ1) is 9.69. The molecule has 106 valence electrons. The van der Waals surface area contributed by atoms with Gasteiger partial charge in [0.15, 0.2) is 0 Å². The molecule has 0 aliphatic heterocycles. The van der Waals surface area contributed by atoms with E-state index in [4.69, 9.17) is 16.6 Å². The molecule has 1 atom stereocenters. The van der Waals surface area contributed by atoms with Crippen molar-refractivity contribution in [3.05, 3.63) is 38.3 Å². The normalized spacial score (nSPS) is 18.1. The molecule has 0 saturated carbocycles. The van der Waals surface area contributed by atoms with E-state index in [0.717, 1.165) is 33.0 Å². The number of hydrogen-bond acceptors (Lipinski definition) is 3. The SMILES string of the molecule is CCNC1CCCc2sc(-c3ccc(Br)c(Cl)c3)nc21. The summed E-state index contributed by atoms with van der Waals surface area (Å²) in [6.07, 6.45) is 3.58. The first kappa shape index (κ1) is 14.5. The first-order valence-corrected chi connectivity index (χ1v) is 8.86. The molecule has 0 amide bonds. The Morgan fingerprint density at radius 3 is 3.10 bits per heavy atom. The molecule has 1 aromatic carbocycles. The van der Waals surface area contributed by atoms with Crippen LogP contribution in [0, 0.1) is 0 Å². The van der Waals surface area contributed by atoms with Gasteiger partial charge in [-0.15, -0.1) is 11.3 Å². The van der Waals surface area contributed by atoms with Crippen LogP contribution in [0.15, 0.2) is 22.7 Å². The number of nitrogens with one attached hydrogen (secondary N) is 1. The number of hydrogen-bond donors (Lipinski definition) is 1. The topological polar surface area (TPSA) is 24.9 Å². The van der Waals surface area contributed by atoms with Crippen molar-refractivity contribution >= 4 is 38.9 Å². The summed E-state index contributed by atoms with van der Waals surface area (Å²) in [5, 5.41) is 5.35. The molecule has 1 aliphatic carbocycles. The van der Waals surface area contributed by atoms with E-state index in [1.807, 2.05) is 23.5 Å². The van der Waals surface area contributed by atoms with Crippen LogP contribution in [0.1, 0.15) is 36.4 Å². The maximum atomic E-state index is 6.19. The lowest BCUT2D eigenvalue weighted by Gasteiger charge is -2.21. The number of thiazole rings is 1. The summed E-state index contributed by atoms with van der Waals surface area (Å²) < 4.78 is 0.926. The van der Waals surface area contributed by atoms with Crippen LogP contribution in [-0.4, -0.2) is 11.5 Å². The van der Waals surface area contributed by atoms with Gasteiger partial charge in [0.2, 0.25) is 0 Å². The Hall–Kier alpha value is -0.420. The van der Waals surface area contributed by atoms with Gasteiger partial charge in [0.25, 0.3) is 0 Å². The fourth-order valence-electron chi connectivity index (χ4n) is 2.62. The average Bonchev–Trinajstić information content (AvgIpc) is 2.87. The molecule has 0 fully saturated rings. The Morgan fingerprint density at radius 1 is 1.50 bits per heavy atom. The van der Waals surface area contributed by atoms with E-state index >= 15 is 0 Å². The number of rotatable bonds is 3. The highest BCUT2D eigenvalue weighted by molar-refractivity contribution is 9.10. The van der Waals surface area contributed by atoms with Crippen LogP contribution in [-0.2, 0) is 6.42 Å². The Morgan fingerprint density at radius 2 is 2.35 bits per heavy atom. The molecule has 1 aromatic heterocycles. The van der Waals surface area contributed by atoms with Gasteiger partial charge < -0.3 is 5.32 Å². The molecule has 5 heteroatoms. The van der Waals surface area contributed by atoms with E-state index in [1.165, 1.54) is 23.4 Å². The summed E-state index contributed by atoms with van der Waals surface area (Å²) in [6, 6.07) is 6.46. The second kappa shape index (κ2) is 6.14. The standard InChI is InChI=1S/C15H16BrClN2S/c1-2-18-12-4-3-5-13-14(12)19-15(20-13)9-6-7-10(16)11(17)8-9/h6-8,12,18H,2-5H2,1H3. The lowest BCUT2D eigenvalue weighted by atomic mass is 9.98. The lowest BCUT2D eigenvalue weighted by molar-refractivity contribution is 0.465. The van der Waals surface area contributed by atoms with Crippen molar-refractivity contribution in [2.75, 3.05) is 6.54 Å². The Labute approximate surface area is 136 Å². The molecule has 0 spiro atoms. The van der Waals surface area contributed by atoms with E-state index in [2.05, 4.69) is 34.2 Å². The minimum atomic E-state index is 0.416. The van der Waals surface area contributed by atoms with E-state index in [9.17, 15) is 0 Å². The van der Waals surface area contributed by atoms with Crippen LogP contribution in [0.5, 0.6) is 0 Å². The summed E-state index contributed by atoms with van der Waals surface area (Å²) in [4.78, 5) is 6.30. The number of halogens is 2. The molecule has 1 N–H and O–H groups in total. The highest BCUT2D eigenvalue weighted by atomic mass is 79.9. The molecule has 1 heterocycles. The van der Waals surface area contributed by atoms with Crippen LogP contribution < -0.4 is 5.32 Å². The molecule has 0 bridgehead atoms. The van der Waals surface area contributed by atoms with Crippen LogP contribution in [0.2, 0.25) is 5.02 Å². The largest absolute Gasteiger partial charge is 0.309 e. The molecule has 1 aliphatic rings. The lowest BCUT2D eigenvalue weighted by Crippen LogP contribution is -2.24. The minimum Gasteiger partial charge on any atom is -0.309 e. The number of benzene rings is 1.